The largest absolute Gasteiger partial charge is 0.313 e. The zero-order valence-corrected chi connectivity index (χ0v) is 11.6. The van der Waals surface area contributed by atoms with Crippen LogP contribution in [0.15, 0.2) is 0 Å². The molecular weight excluding hydrogens is 210 g/mol. The average Bonchev–Trinajstić information content (AvgIpc) is 2.57. The molecule has 1 N–H and O–H groups in total. The van der Waals surface area contributed by atoms with Crippen LogP contribution in [0.3, 0.4) is 0 Å². The topological polar surface area (TPSA) is 18.5 Å². The molecule has 2 saturated heterocycles. The highest BCUT2D eigenvalue weighted by atomic mass is 15.2. The molecule has 2 atom stereocenters. The fraction of sp³-hybridized carbons (Fsp3) is 1.00. The van der Waals surface area contributed by atoms with E-state index in [2.05, 4.69) is 29.2 Å². The Hall–Kier alpha value is -0.120. The minimum Gasteiger partial charge on any atom is -0.313 e. The molecule has 17 heavy (non-hydrogen) atoms. The Morgan fingerprint density at radius 2 is 2.06 bits per heavy atom. The first-order valence-corrected chi connectivity index (χ1v) is 7.38. The predicted molar refractivity (Wildman–Crippen MR) is 73.4 cm³/mol. The van der Waals surface area contributed by atoms with Crippen molar-refractivity contribution in [2.75, 3.05) is 40.3 Å². The molecule has 2 heterocycles. The molecule has 2 aliphatic heterocycles. The Labute approximate surface area is 107 Å². The van der Waals surface area contributed by atoms with Crippen LogP contribution in [0.1, 0.15) is 38.5 Å². The van der Waals surface area contributed by atoms with Gasteiger partial charge in [-0.25, -0.2) is 0 Å². The highest BCUT2D eigenvalue weighted by Gasteiger charge is 2.23. The van der Waals surface area contributed by atoms with Crippen LogP contribution in [0, 0.1) is 0 Å². The molecule has 3 nitrogen and oxygen atoms in total. The van der Waals surface area contributed by atoms with E-state index in [-0.39, 0.29) is 0 Å². The fourth-order valence-corrected chi connectivity index (χ4v) is 3.25. The van der Waals surface area contributed by atoms with E-state index >= 15 is 0 Å². The second-order valence-corrected chi connectivity index (χ2v) is 6.00. The number of nitrogens with zero attached hydrogens (tertiary/aromatic N) is 2. The molecular formula is C14H29N3. The van der Waals surface area contributed by atoms with E-state index in [9.17, 15) is 0 Å². The quantitative estimate of drug-likeness (QED) is 0.806. The van der Waals surface area contributed by atoms with Crippen molar-refractivity contribution in [3.05, 3.63) is 0 Å². The van der Waals surface area contributed by atoms with E-state index in [1.165, 1.54) is 64.7 Å². The van der Waals surface area contributed by atoms with Crippen LogP contribution in [0.25, 0.3) is 0 Å². The second kappa shape index (κ2) is 6.72. The van der Waals surface area contributed by atoms with Crippen molar-refractivity contribution in [2.45, 2.75) is 50.6 Å². The van der Waals surface area contributed by atoms with Crippen LogP contribution >= 0.6 is 0 Å². The van der Waals surface area contributed by atoms with E-state index in [1.807, 2.05) is 0 Å². The van der Waals surface area contributed by atoms with E-state index in [0.29, 0.717) is 0 Å². The van der Waals surface area contributed by atoms with Crippen molar-refractivity contribution >= 4 is 0 Å². The summed E-state index contributed by atoms with van der Waals surface area (Å²) in [6, 6.07) is 1.51. The third-order valence-corrected chi connectivity index (χ3v) is 4.39. The van der Waals surface area contributed by atoms with Crippen molar-refractivity contribution < 1.29 is 0 Å². The average molecular weight is 239 g/mol. The van der Waals surface area contributed by atoms with Crippen LogP contribution < -0.4 is 5.32 Å². The monoisotopic (exact) mass is 239 g/mol. The summed E-state index contributed by atoms with van der Waals surface area (Å²) in [5.41, 5.74) is 0. The maximum Gasteiger partial charge on any atom is 0.0221 e. The van der Waals surface area contributed by atoms with Gasteiger partial charge in [-0.2, -0.15) is 0 Å². The minimum absolute atomic E-state index is 0.731. The Bertz CT molecular complexity index is 212. The van der Waals surface area contributed by atoms with Gasteiger partial charge in [0, 0.05) is 25.2 Å². The van der Waals surface area contributed by atoms with Crippen molar-refractivity contribution in [1.29, 1.82) is 0 Å². The molecule has 0 saturated carbocycles. The van der Waals surface area contributed by atoms with Gasteiger partial charge in [0.2, 0.25) is 0 Å². The van der Waals surface area contributed by atoms with Gasteiger partial charge in [0.25, 0.3) is 0 Å². The summed E-state index contributed by atoms with van der Waals surface area (Å²) in [6.45, 7) is 5.00. The summed E-state index contributed by atoms with van der Waals surface area (Å²) >= 11 is 0. The van der Waals surface area contributed by atoms with Gasteiger partial charge in [0.05, 0.1) is 0 Å². The number of hydrogen-bond acceptors (Lipinski definition) is 3. The fourth-order valence-electron chi connectivity index (χ4n) is 3.25. The molecule has 0 aromatic carbocycles. The highest BCUT2D eigenvalue weighted by Crippen LogP contribution is 2.15. The van der Waals surface area contributed by atoms with Gasteiger partial charge in [-0.1, -0.05) is 12.8 Å². The van der Waals surface area contributed by atoms with E-state index in [1.54, 1.807) is 0 Å². The first kappa shape index (κ1) is 13.3. The SMILES string of the molecule is CN1CCCC(N(C)CC2CCCCCN2)C1. The Kier molecular flexibility index (Phi) is 5.26. The van der Waals surface area contributed by atoms with E-state index < -0.39 is 0 Å². The molecule has 2 fully saturated rings. The van der Waals surface area contributed by atoms with Gasteiger partial charge < -0.3 is 15.1 Å². The lowest BCUT2D eigenvalue weighted by atomic mass is 10.0. The van der Waals surface area contributed by atoms with E-state index in [4.69, 9.17) is 0 Å². The van der Waals surface area contributed by atoms with Gasteiger partial charge in [-0.3, -0.25) is 0 Å². The molecule has 0 aromatic rings. The molecule has 100 valence electrons. The molecule has 0 aliphatic carbocycles. The van der Waals surface area contributed by atoms with Crippen molar-refractivity contribution in [3.8, 4) is 0 Å². The second-order valence-electron chi connectivity index (χ2n) is 6.00. The summed E-state index contributed by atoms with van der Waals surface area (Å²) in [5.74, 6) is 0. The standard InChI is InChI=1S/C14H29N3/c1-16-10-6-8-14(12-16)17(2)11-13-7-4-3-5-9-15-13/h13-15H,3-12H2,1-2H3. The van der Waals surface area contributed by atoms with Crippen molar-refractivity contribution in [1.82, 2.24) is 15.1 Å². The van der Waals surface area contributed by atoms with Crippen LogP contribution in [-0.2, 0) is 0 Å². The molecule has 0 bridgehead atoms. The van der Waals surface area contributed by atoms with Crippen LogP contribution in [-0.4, -0.2) is 62.2 Å². The number of likely N-dealkylation sites (tertiary alicyclic amines) is 1. The molecule has 0 amide bonds. The van der Waals surface area contributed by atoms with Gasteiger partial charge >= 0.3 is 0 Å². The van der Waals surface area contributed by atoms with Gasteiger partial charge in [0.1, 0.15) is 0 Å². The number of rotatable bonds is 3. The Morgan fingerprint density at radius 1 is 1.18 bits per heavy atom. The normalized spacial score (nSPS) is 32.6. The number of nitrogens with one attached hydrogen (secondary N) is 1. The van der Waals surface area contributed by atoms with Crippen molar-refractivity contribution in [3.63, 3.8) is 0 Å². The van der Waals surface area contributed by atoms with E-state index in [0.717, 1.165) is 12.1 Å². The van der Waals surface area contributed by atoms with Gasteiger partial charge in [-0.15, -0.1) is 0 Å². The molecule has 3 heteroatoms. The van der Waals surface area contributed by atoms with Crippen LogP contribution in [0.2, 0.25) is 0 Å². The zero-order valence-electron chi connectivity index (χ0n) is 11.6. The zero-order chi connectivity index (χ0) is 12.1. The first-order chi connectivity index (χ1) is 8.25. The Morgan fingerprint density at radius 3 is 2.88 bits per heavy atom. The van der Waals surface area contributed by atoms with Gasteiger partial charge in [-0.05, 0) is 52.9 Å². The smallest absolute Gasteiger partial charge is 0.0221 e. The molecule has 2 aliphatic rings. The van der Waals surface area contributed by atoms with Gasteiger partial charge in [0.15, 0.2) is 0 Å². The van der Waals surface area contributed by atoms with Crippen LogP contribution in [0.5, 0.6) is 0 Å². The highest BCUT2D eigenvalue weighted by molar-refractivity contribution is 4.81. The lowest BCUT2D eigenvalue weighted by Gasteiger charge is -2.37. The maximum atomic E-state index is 3.71. The number of piperidine rings is 1. The molecule has 0 radical (unpaired) electrons. The summed E-state index contributed by atoms with van der Waals surface area (Å²) in [4.78, 5) is 5.07. The van der Waals surface area contributed by atoms with Crippen LogP contribution in [0.4, 0.5) is 0 Å². The lowest BCUT2D eigenvalue weighted by molar-refractivity contribution is 0.124. The number of hydrogen-bond donors (Lipinski definition) is 1. The minimum atomic E-state index is 0.731. The summed E-state index contributed by atoms with van der Waals surface area (Å²) in [6.07, 6.45) is 8.31. The summed E-state index contributed by atoms with van der Waals surface area (Å²) in [5, 5.41) is 3.71. The summed E-state index contributed by atoms with van der Waals surface area (Å²) < 4.78 is 0. The molecule has 2 unspecified atom stereocenters. The number of likely N-dealkylation sites (N-methyl/N-ethyl adjacent to an activating group) is 2. The Balaban J connectivity index is 1.76. The third-order valence-electron chi connectivity index (χ3n) is 4.39. The maximum absolute atomic E-state index is 3.71. The molecule has 0 aromatic heterocycles. The molecule has 0 spiro atoms. The lowest BCUT2D eigenvalue weighted by Crippen LogP contribution is -2.49. The summed E-state index contributed by atoms with van der Waals surface area (Å²) in [7, 11) is 4.57. The first-order valence-electron chi connectivity index (χ1n) is 7.38. The molecule has 2 rings (SSSR count). The van der Waals surface area contributed by atoms with Crippen molar-refractivity contribution in [2.24, 2.45) is 0 Å². The predicted octanol–water partition coefficient (Wildman–Crippen LogP) is 1.54. The third kappa shape index (κ3) is 4.23.